The number of nitrogens with zero attached hydrogens (tertiary/aromatic N) is 1. The fourth-order valence-corrected chi connectivity index (χ4v) is 1.85. The van der Waals surface area contributed by atoms with Crippen LogP contribution in [0.3, 0.4) is 0 Å². The fraction of sp³-hybridized carbons (Fsp3) is 0.500. The van der Waals surface area contributed by atoms with Crippen LogP contribution in [-0.2, 0) is 17.3 Å². The predicted molar refractivity (Wildman–Crippen MR) is 52.2 cm³/mol. The normalized spacial score (nSPS) is 26.6. The number of carbonyl (C=O) groups is 1. The van der Waals surface area contributed by atoms with Crippen molar-refractivity contribution in [3.05, 3.63) is 23.5 Å². The summed E-state index contributed by atoms with van der Waals surface area (Å²) < 4.78 is 32.0. The molecule has 0 amide bonds. The van der Waals surface area contributed by atoms with E-state index in [1.54, 1.807) is 0 Å². The molecule has 1 aromatic heterocycles. The van der Waals surface area contributed by atoms with Crippen molar-refractivity contribution in [3.63, 3.8) is 0 Å². The maximum absolute atomic E-state index is 13.1. The van der Waals surface area contributed by atoms with E-state index < -0.39 is 23.9 Å². The Labute approximate surface area is 91.0 Å². The molecule has 1 fully saturated rings. The first-order valence-electron chi connectivity index (χ1n) is 4.75. The Morgan fingerprint density at radius 3 is 2.56 bits per heavy atom. The largest absolute Gasteiger partial charge is 0.464 e. The Kier molecular flexibility index (Phi) is 2.10. The van der Waals surface area contributed by atoms with E-state index in [9.17, 15) is 13.6 Å². The Morgan fingerprint density at radius 1 is 1.56 bits per heavy atom. The predicted octanol–water partition coefficient (Wildman–Crippen LogP) is 1.00. The van der Waals surface area contributed by atoms with Gasteiger partial charge in [-0.3, -0.25) is 0 Å². The number of hydrogen-bond acceptors (Lipinski definition) is 3. The van der Waals surface area contributed by atoms with Crippen LogP contribution in [-0.4, -0.2) is 23.6 Å². The van der Waals surface area contributed by atoms with Gasteiger partial charge >= 0.3 is 5.97 Å². The number of halogens is 2. The lowest BCUT2D eigenvalue weighted by atomic mass is 10.2. The number of alkyl halides is 2. The minimum atomic E-state index is -2.90. The molecule has 1 atom stereocenters. The number of ether oxygens (including phenoxy) is 1. The van der Waals surface area contributed by atoms with E-state index in [2.05, 4.69) is 4.74 Å². The van der Waals surface area contributed by atoms with Crippen LogP contribution in [0.25, 0.3) is 0 Å². The quantitative estimate of drug-likeness (QED) is 0.771. The first kappa shape index (κ1) is 11.1. The molecule has 1 unspecified atom stereocenters. The summed E-state index contributed by atoms with van der Waals surface area (Å²) in [6, 6.07) is 2.87. The molecule has 16 heavy (non-hydrogen) atoms. The fourth-order valence-electron chi connectivity index (χ4n) is 1.85. The minimum absolute atomic E-state index is 0.213. The maximum Gasteiger partial charge on any atom is 0.354 e. The summed E-state index contributed by atoms with van der Waals surface area (Å²) in [5.74, 6) is -3.46. The van der Waals surface area contributed by atoms with Gasteiger partial charge in [-0.05, 0) is 12.1 Å². The molecule has 1 aliphatic rings. The van der Waals surface area contributed by atoms with E-state index in [1.807, 2.05) is 0 Å². The molecule has 1 heterocycles. The van der Waals surface area contributed by atoms with Crippen LogP contribution in [0.2, 0.25) is 0 Å². The van der Waals surface area contributed by atoms with Crippen molar-refractivity contribution in [1.82, 2.24) is 4.57 Å². The van der Waals surface area contributed by atoms with E-state index in [0.29, 0.717) is 0 Å². The van der Waals surface area contributed by atoms with Crippen molar-refractivity contribution in [2.75, 3.05) is 7.11 Å². The van der Waals surface area contributed by atoms with Gasteiger partial charge in [0, 0.05) is 19.2 Å². The molecule has 88 valence electrons. The number of esters is 1. The van der Waals surface area contributed by atoms with Gasteiger partial charge < -0.3 is 15.0 Å². The van der Waals surface area contributed by atoms with Gasteiger partial charge in [-0.25, -0.2) is 13.6 Å². The third-order valence-electron chi connectivity index (χ3n) is 3.00. The first-order valence-corrected chi connectivity index (χ1v) is 4.75. The lowest BCUT2D eigenvalue weighted by molar-refractivity contribution is 0.0586. The highest BCUT2D eigenvalue weighted by Gasteiger charge is 2.71. The van der Waals surface area contributed by atoms with Crippen molar-refractivity contribution in [2.24, 2.45) is 12.8 Å². The summed E-state index contributed by atoms with van der Waals surface area (Å²) in [4.78, 5) is 11.3. The average molecular weight is 230 g/mol. The van der Waals surface area contributed by atoms with Gasteiger partial charge in [0.2, 0.25) is 0 Å². The molecular weight excluding hydrogens is 218 g/mol. The number of rotatable bonds is 2. The van der Waals surface area contributed by atoms with Gasteiger partial charge in [0.15, 0.2) is 0 Å². The molecular formula is C10H12F2N2O2. The second kappa shape index (κ2) is 3.04. The van der Waals surface area contributed by atoms with E-state index in [1.165, 1.54) is 30.9 Å². The molecule has 1 saturated carbocycles. The summed E-state index contributed by atoms with van der Waals surface area (Å²) in [5.41, 5.74) is 4.39. The molecule has 1 aromatic rings. The van der Waals surface area contributed by atoms with Crippen LogP contribution in [0.4, 0.5) is 8.78 Å². The topological polar surface area (TPSA) is 57.2 Å². The van der Waals surface area contributed by atoms with E-state index in [0.717, 1.165) is 0 Å². The van der Waals surface area contributed by atoms with Crippen LogP contribution in [0.15, 0.2) is 12.1 Å². The second-order valence-electron chi connectivity index (χ2n) is 4.01. The zero-order chi connectivity index (χ0) is 12.1. The van der Waals surface area contributed by atoms with Gasteiger partial charge in [-0.2, -0.15) is 0 Å². The van der Waals surface area contributed by atoms with Gasteiger partial charge in [-0.15, -0.1) is 0 Å². The zero-order valence-corrected chi connectivity index (χ0v) is 8.96. The number of hydrogen-bond donors (Lipinski definition) is 1. The number of nitrogens with two attached hydrogens (primary N) is 1. The number of carbonyl (C=O) groups excluding carboxylic acids is 1. The molecule has 0 saturated heterocycles. The van der Waals surface area contributed by atoms with E-state index in [-0.39, 0.29) is 11.4 Å². The van der Waals surface area contributed by atoms with Crippen molar-refractivity contribution < 1.29 is 18.3 Å². The third-order valence-corrected chi connectivity index (χ3v) is 3.00. The highest BCUT2D eigenvalue weighted by atomic mass is 19.3. The van der Waals surface area contributed by atoms with Crippen molar-refractivity contribution in [1.29, 1.82) is 0 Å². The van der Waals surface area contributed by atoms with Crippen molar-refractivity contribution >= 4 is 5.97 Å². The smallest absolute Gasteiger partial charge is 0.354 e. The lowest BCUT2D eigenvalue weighted by Crippen LogP contribution is -2.30. The molecule has 2 rings (SSSR count). The molecule has 6 heteroatoms. The maximum atomic E-state index is 13.1. The number of methoxy groups -OCH3 is 1. The Balaban J connectivity index is 2.40. The molecule has 2 N–H and O–H groups in total. The van der Waals surface area contributed by atoms with Crippen LogP contribution < -0.4 is 5.73 Å². The third kappa shape index (κ3) is 1.26. The van der Waals surface area contributed by atoms with Gasteiger partial charge in [-0.1, -0.05) is 0 Å². The summed E-state index contributed by atoms with van der Waals surface area (Å²) in [6.07, 6.45) is -0.390. The summed E-state index contributed by atoms with van der Waals surface area (Å²) >= 11 is 0. The van der Waals surface area contributed by atoms with Crippen LogP contribution in [0.5, 0.6) is 0 Å². The Hall–Kier alpha value is -1.43. The zero-order valence-electron chi connectivity index (χ0n) is 8.96. The van der Waals surface area contributed by atoms with Gasteiger partial charge in [0.05, 0.1) is 7.11 Å². The molecule has 0 bridgehead atoms. The van der Waals surface area contributed by atoms with Crippen LogP contribution >= 0.6 is 0 Å². The average Bonchev–Trinajstić information content (AvgIpc) is 2.59. The second-order valence-corrected chi connectivity index (χ2v) is 4.01. The van der Waals surface area contributed by atoms with Crippen molar-refractivity contribution in [3.8, 4) is 0 Å². The highest BCUT2D eigenvalue weighted by Crippen LogP contribution is 2.57. The van der Waals surface area contributed by atoms with Crippen molar-refractivity contribution in [2.45, 2.75) is 17.9 Å². The summed E-state index contributed by atoms with van der Waals surface area (Å²) in [6.45, 7) is 0. The highest BCUT2D eigenvalue weighted by molar-refractivity contribution is 5.87. The molecule has 0 aromatic carbocycles. The standard InChI is InChI=1S/C10H12F2N2O2/c1-14-6(8(15)16-2)3-4-7(14)9(13)5-10(9,11)12/h3-4H,5,13H2,1-2H3. The summed E-state index contributed by atoms with van der Waals surface area (Å²) in [5, 5.41) is 0. The molecule has 4 nitrogen and oxygen atoms in total. The van der Waals surface area contributed by atoms with Gasteiger partial charge in [0.1, 0.15) is 11.2 Å². The monoisotopic (exact) mass is 230 g/mol. The van der Waals surface area contributed by atoms with Gasteiger partial charge in [0.25, 0.3) is 5.92 Å². The van der Waals surface area contributed by atoms with Crippen LogP contribution in [0, 0.1) is 0 Å². The minimum Gasteiger partial charge on any atom is -0.464 e. The lowest BCUT2D eigenvalue weighted by Gasteiger charge is -2.13. The summed E-state index contributed by atoms with van der Waals surface area (Å²) in [7, 11) is 2.75. The number of aromatic nitrogens is 1. The molecule has 0 aliphatic heterocycles. The van der Waals surface area contributed by atoms with Crippen LogP contribution in [0.1, 0.15) is 22.6 Å². The first-order chi connectivity index (χ1) is 7.33. The molecule has 1 aliphatic carbocycles. The van der Waals surface area contributed by atoms with E-state index >= 15 is 0 Å². The SMILES string of the molecule is COC(=O)c1ccc(C2(N)CC2(F)F)n1C. The molecule has 0 radical (unpaired) electrons. The van der Waals surface area contributed by atoms with E-state index in [4.69, 9.17) is 5.73 Å². The molecule has 0 spiro atoms. The Morgan fingerprint density at radius 2 is 2.12 bits per heavy atom. The Bertz CT molecular complexity index is 456.